The highest BCUT2D eigenvalue weighted by atomic mass is 28.4. The normalized spacial score (nSPS) is 21.9. The van der Waals surface area contributed by atoms with Crippen molar-refractivity contribution < 1.29 is 18.3 Å². The van der Waals surface area contributed by atoms with Crippen molar-refractivity contribution in [3.63, 3.8) is 0 Å². The summed E-state index contributed by atoms with van der Waals surface area (Å²) in [5, 5.41) is 0.211. The smallest absolute Gasteiger partial charge is 0.250 e. The van der Waals surface area contributed by atoms with Crippen molar-refractivity contribution in [2.45, 2.75) is 110 Å². The summed E-state index contributed by atoms with van der Waals surface area (Å²) in [7, 11) is -3.54. The highest BCUT2D eigenvalue weighted by Crippen LogP contribution is 2.38. The van der Waals surface area contributed by atoms with Gasteiger partial charge in [0.05, 0.1) is 25.1 Å². The van der Waals surface area contributed by atoms with Crippen molar-refractivity contribution >= 4 is 16.6 Å². The Hall–Kier alpha value is -0.926. The van der Waals surface area contributed by atoms with Gasteiger partial charge in [-0.05, 0) is 54.3 Å². The van der Waals surface area contributed by atoms with Gasteiger partial charge in [0.15, 0.2) is 8.32 Å². The maximum Gasteiger partial charge on any atom is 0.250 e. The number of ether oxygens (including phenoxy) is 2. The van der Waals surface area contributed by atoms with E-state index in [9.17, 15) is 0 Å². The summed E-state index contributed by atoms with van der Waals surface area (Å²) in [5.41, 5.74) is 1.18. The molecule has 0 radical (unpaired) electrons. The number of hydrogen-bond donors (Lipinski definition) is 0. The Bertz CT molecular complexity index is 745. The van der Waals surface area contributed by atoms with Gasteiger partial charge in [0.1, 0.15) is 6.10 Å². The van der Waals surface area contributed by atoms with E-state index in [-0.39, 0.29) is 23.2 Å². The fourth-order valence-electron chi connectivity index (χ4n) is 4.16. The first kappa shape index (κ1) is 29.3. The molecule has 0 fully saturated rings. The minimum atomic E-state index is -1.78. The number of hydrogen-bond acceptors (Lipinski definition) is 4. The Labute approximate surface area is 211 Å². The highest BCUT2D eigenvalue weighted by molar-refractivity contribution is 6.74. The zero-order valence-corrected chi connectivity index (χ0v) is 25.3. The number of rotatable bonds is 13. The molecule has 0 aromatic heterocycles. The molecule has 2 rings (SSSR count). The van der Waals surface area contributed by atoms with Gasteiger partial charge in [-0.25, -0.2) is 0 Å². The van der Waals surface area contributed by atoms with Crippen molar-refractivity contribution in [3.8, 4) is 0 Å². The lowest BCUT2D eigenvalue weighted by Gasteiger charge is -2.40. The molecule has 0 N–H and O–H groups in total. The molecule has 3 unspecified atom stereocenters. The van der Waals surface area contributed by atoms with E-state index < -0.39 is 16.6 Å². The van der Waals surface area contributed by atoms with E-state index in [2.05, 4.69) is 79.8 Å². The second-order valence-electron chi connectivity index (χ2n) is 11.3. The first-order valence-corrected chi connectivity index (χ1v) is 18.7. The Balaban J connectivity index is 2.10. The quantitative estimate of drug-likeness (QED) is 0.255. The molecule has 3 atom stereocenters. The molecule has 0 aliphatic carbocycles. The van der Waals surface area contributed by atoms with Crippen LogP contribution in [-0.4, -0.2) is 42.1 Å². The summed E-state index contributed by atoms with van der Waals surface area (Å²) < 4.78 is 26.0. The largest absolute Gasteiger partial charge is 0.546 e. The van der Waals surface area contributed by atoms with Crippen LogP contribution >= 0.6 is 0 Å². The minimum absolute atomic E-state index is 0.0763. The minimum Gasteiger partial charge on any atom is -0.546 e. The zero-order valence-electron chi connectivity index (χ0n) is 23.3. The standard InChI is InChI=1S/C28H50O4Si2/c1-10-34(11-2,12-3)32-27-20-25(22-29-21-24-16-14-13-15-17-24)31-26(23(27)4)18-19-30-33(8,9)28(5,6)7/h13-17,20,23,25-26H,10-12,18-19,21-22H2,1-9H3. The van der Waals surface area contributed by atoms with Gasteiger partial charge in [0.2, 0.25) is 8.32 Å². The van der Waals surface area contributed by atoms with Crippen molar-refractivity contribution in [3.05, 3.63) is 47.7 Å². The molecule has 1 heterocycles. The van der Waals surface area contributed by atoms with Crippen LogP contribution in [-0.2, 0) is 24.9 Å². The summed E-state index contributed by atoms with van der Waals surface area (Å²) in [6, 6.07) is 13.7. The van der Waals surface area contributed by atoms with E-state index >= 15 is 0 Å². The van der Waals surface area contributed by atoms with E-state index in [0.717, 1.165) is 36.9 Å². The van der Waals surface area contributed by atoms with Gasteiger partial charge >= 0.3 is 0 Å². The maximum absolute atomic E-state index is 6.90. The van der Waals surface area contributed by atoms with Crippen molar-refractivity contribution in [1.29, 1.82) is 0 Å². The van der Waals surface area contributed by atoms with Crippen LogP contribution in [0, 0.1) is 5.92 Å². The summed E-state index contributed by atoms with van der Waals surface area (Å²) in [5.74, 6) is 1.35. The van der Waals surface area contributed by atoms with Crippen LogP contribution in [0.15, 0.2) is 42.2 Å². The third-order valence-corrected chi connectivity index (χ3v) is 17.1. The molecule has 0 spiro atoms. The van der Waals surface area contributed by atoms with Gasteiger partial charge in [0.25, 0.3) is 0 Å². The van der Waals surface area contributed by atoms with Crippen LogP contribution in [0.3, 0.4) is 0 Å². The fourth-order valence-corrected chi connectivity index (χ4v) is 7.91. The van der Waals surface area contributed by atoms with Gasteiger partial charge in [-0.3, -0.25) is 0 Å². The van der Waals surface area contributed by atoms with Crippen molar-refractivity contribution in [1.82, 2.24) is 0 Å². The summed E-state index contributed by atoms with van der Waals surface area (Å²) in [6.45, 7) is 22.5. The lowest BCUT2D eigenvalue weighted by atomic mass is 9.96. The Morgan fingerprint density at radius 1 is 0.971 bits per heavy atom. The number of benzene rings is 1. The van der Waals surface area contributed by atoms with Crippen LogP contribution in [0.2, 0.25) is 36.3 Å². The zero-order chi connectivity index (χ0) is 25.4. The van der Waals surface area contributed by atoms with Crippen LogP contribution in [0.1, 0.15) is 60.5 Å². The monoisotopic (exact) mass is 506 g/mol. The lowest BCUT2D eigenvalue weighted by Crippen LogP contribution is -2.44. The van der Waals surface area contributed by atoms with Gasteiger partial charge in [0, 0.05) is 12.5 Å². The molecule has 0 bridgehead atoms. The van der Waals surface area contributed by atoms with Crippen LogP contribution in [0.4, 0.5) is 0 Å². The molecule has 1 aromatic rings. The molecular formula is C28H50O4Si2. The predicted molar refractivity (Wildman–Crippen MR) is 148 cm³/mol. The predicted octanol–water partition coefficient (Wildman–Crippen LogP) is 7.92. The average Bonchev–Trinajstić information content (AvgIpc) is 2.80. The molecule has 34 heavy (non-hydrogen) atoms. The SMILES string of the molecule is CC[Si](CC)(CC)OC1=CC(COCc2ccccc2)OC(CCO[Si](C)(C)C(C)(C)C)C1C. The van der Waals surface area contributed by atoms with Crippen molar-refractivity contribution in [2.75, 3.05) is 13.2 Å². The average molecular weight is 507 g/mol. The second-order valence-corrected chi connectivity index (χ2v) is 20.8. The van der Waals surface area contributed by atoms with Gasteiger partial charge in [-0.15, -0.1) is 0 Å². The Morgan fingerprint density at radius 2 is 1.59 bits per heavy atom. The lowest BCUT2D eigenvalue weighted by molar-refractivity contribution is -0.0764. The molecule has 0 saturated heterocycles. The highest BCUT2D eigenvalue weighted by Gasteiger charge is 2.39. The maximum atomic E-state index is 6.90. The molecule has 194 valence electrons. The van der Waals surface area contributed by atoms with Gasteiger partial charge in [-0.1, -0.05) is 78.8 Å². The first-order valence-electron chi connectivity index (χ1n) is 13.3. The van der Waals surface area contributed by atoms with E-state index in [4.69, 9.17) is 18.3 Å². The van der Waals surface area contributed by atoms with E-state index in [1.54, 1.807) is 0 Å². The summed E-state index contributed by atoms with van der Waals surface area (Å²) in [4.78, 5) is 0. The summed E-state index contributed by atoms with van der Waals surface area (Å²) in [6.07, 6.45) is 3.06. The van der Waals surface area contributed by atoms with Crippen LogP contribution in [0.5, 0.6) is 0 Å². The van der Waals surface area contributed by atoms with E-state index in [1.807, 2.05) is 18.2 Å². The Morgan fingerprint density at radius 3 is 2.15 bits per heavy atom. The van der Waals surface area contributed by atoms with Gasteiger partial charge in [-0.2, -0.15) is 0 Å². The third-order valence-electron chi connectivity index (χ3n) is 8.04. The topological polar surface area (TPSA) is 36.9 Å². The second kappa shape index (κ2) is 12.9. The van der Waals surface area contributed by atoms with E-state index in [0.29, 0.717) is 13.2 Å². The molecule has 1 aliphatic rings. The molecule has 1 aromatic carbocycles. The third kappa shape index (κ3) is 8.05. The molecule has 0 saturated carbocycles. The molecule has 1 aliphatic heterocycles. The fraction of sp³-hybridized carbons (Fsp3) is 0.714. The van der Waals surface area contributed by atoms with Crippen molar-refractivity contribution in [2.24, 2.45) is 5.92 Å². The Kier molecular flexibility index (Phi) is 11.1. The van der Waals surface area contributed by atoms with Crippen LogP contribution < -0.4 is 0 Å². The first-order chi connectivity index (χ1) is 16.0. The molecule has 0 amide bonds. The molecular weight excluding hydrogens is 456 g/mol. The molecule has 4 nitrogen and oxygen atoms in total. The molecule has 6 heteroatoms. The van der Waals surface area contributed by atoms with Gasteiger partial charge < -0.3 is 18.3 Å². The van der Waals surface area contributed by atoms with E-state index in [1.165, 1.54) is 5.56 Å². The van der Waals surface area contributed by atoms with Crippen LogP contribution in [0.25, 0.3) is 0 Å². The summed E-state index contributed by atoms with van der Waals surface area (Å²) >= 11 is 0.